The van der Waals surface area contributed by atoms with Crippen molar-refractivity contribution in [3.8, 4) is 0 Å². The van der Waals surface area contributed by atoms with E-state index in [0.717, 1.165) is 0 Å². The van der Waals surface area contributed by atoms with E-state index in [1.165, 1.54) is 205 Å². The minimum Gasteiger partial charge on any atom is -0.0654 e. The lowest BCUT2D eigenvalue weighted by Crippen LogP contribution is -2.13. The Balaban J connectivity index is 4.60. The maximum atomic E-state index is 2.35. The summed E-state index contributed by atoms with van der Waals surface area (Å²) < 4.78 is 0. The van der Waals surface area contributed by atoms with Gasteiger partial charge in [-0.3, -0.25) is 0 Å². The van der Waals surface area contributed by atoms with Gasteiger partial charge >= 0.3 is 0 Å². The predicted molar refractivity (Wildman–Crippen MR) is 215 cm³/mol. The van der Waals surface area contributed by atoms with Crippen molar-refractivity contribution in [2.24, 2.45) is 0 Å². The number of rotatable bonds is 40. The summed E-state index contributed by atoms with van der Waals surface area (Å²) in [5.74, 6) is 0. The summed E-state index contributed by atoms with van der Waals surface area (Å²) in [6, 6.07) is 0. The van der Waals surface area contributed by atoms with Crippen molar-refractivity contribution in [1.29, 1.82) is 0 Å². The highest BCUT2D eigenvalue weighted by molar-refractivity contribution is 7.75. The Morgan fingerprint density at radius 2 is 0.311 bits per heavy atom. The highest BCUT2D eigenvalue weighted by Gasteiger charge is 2.35. The van der Waals surface area contributed by atoms with Crippen LogP contribution in [-0.2, 0) is 0 Å². The molecule has 0 N–H and O–H groups in total. The van der Waals surface area contributed by atoms with Gasteiger partial charge in [0, 0.05) is 7.26 Å². The Morgan fingerprint density at radius 1 is 0.178 bits per heavy atom. The SMILES string of the molecule is CCCCCCCCCCCCCCCCC[P+](CCCCCCCCC)(CCCCCCCCC)CCCCCCCCC. The third-order valence-electron chi connectivity index (χ3n) is 10.9. The molecule has 0 aromatic carbocycles. The van der Waals surface area contributed by atoms with Crippen LogP contribution in [-0.4, -0.2) is 24.6 Å². The zero-order valence-electron chi connectivity index (χ0n) is 32.7. The second-order valence-corrected chi connectivity index (χ2v) is 20.0. The fourth-order valence-corrected chi connectivity index (χ4v) is 12.6. The Bertz CT molecular complexity index is 468. The van der Waals surface area contributed by atoms with Gasteiger partial charge in [0.1, 0.15) is 0 Å². The van der Waals surface area contributed by atoms with E-state index in [0.29, 0.717) is 0 Å². The molecule has 0 aliphatic rings. The van der Waals surface area contributed by atoms with Crippen LogP contribution in [0.3, 0.4) is 0 Å². The quantitative estimate of drug-likeness (QED) is 0.0457. The molecule has 0 amide bonds. The first-order valence-electron chi connectivity index (χ1n) is 22.1. The van der Waals surface area contributed by atoms with Gasteiger partial charge < -0.3 is 0 Å². The molecule has 0 aliphatic carbocycles. The van der Waals surface area contributed by atoms with Crippen LogP contribution in [0.4, 0.5) is 0 Å². The van der Waals surface area contributed by atoms with Gasteiger partial charge in [0.2, 0.25) is 0 Å². The lowest BCUT2D eigenvalue weighted by Gasteiger charge is -2.28. The molecule has 0 radical (unpaired) electrons. The minimum absolute atomic E-state index is 0.767. The van der Waals surface area contributed by atoms with Crippen LogP contribution in [0.1, 0.15) is 259 Å². The van der Waals surface area contributed by atoms with E-state index in [4.69, 9.17) is 0 Å². The summed E-state index contributed by atoms with van der Waals surface area (Å²) in [7, 11) is -0.767. The van der Waals surface area contributed by atoms with E-state index in [1.807, 2.05) is 0 Å². The first-order valence-corrected chi connectivity index (χ1v) is 24.6. The van der Waals surface area contributed by atoms with Crippen LogP contribution < -0.4 is 0 Å². The maximum Gasteiger partial charge on any atom is 0.0594 e. The molecule has 0 nitrogen and oxygen atoms in total. The van der Waals surface area contributed by atoms with Crippen molar-refractivity contribution in [2.45, 2.75) is 259 Å². The van der Waals surface area contributed by atoms with Crippen molar-refractivity contribution < 1.29 is 0 Å². The molecule has 1 heteroatoms. The molecule has 0 saturated carbocycles. The molecule has 0 fully saturated rings. The van der Waals surface area contributed by atoms with E-state index in [1.54, 1.807) is 50.3 Å². The van der Waals surface area contributed by atoms with Gasteiger partial charge in [-0.05, 0) is 51.4 Å². The van der Waals surface area contributed by atoms with Gasteiger partial charge in [-0.15, -0.1) is 0 Å². The summed E-state index contributed by atoms with van der Waals surface area (Å²) >= 11 is 0. The predicted octanol–water partition coefficient (Wildman–Crippen LogP) is 17.1. The summed E-state index contributed by atoms with van der Waals surface area (Å²) in [6.07, 6.45) is 60.2. The van der Waals surface area contributed by atoms with Crippen LogP contribution in [0.5, 0.6) is 0 Å². The summed E-state index contributed by atoms with van der Waals surface area (Å²) in [5, 5.41) is 0. The average molecular weight is 652 g/mol. The Hall–Kier alpha value is 0.430. The zero-order valence-corrected chi connectivity index (χ0v) is 33.6. The molecule has 0 atom stereocenters. The zero-order chi connectivity index (χ0) is 32.8. The number of unbranched alkanes of at least 4 members (excludes halogenated alkanes) is 32. The van der Waals surface area contributed by atoms with Crippen molar-refractivity contribution in [3.05, 3.63) is 0 Å². The number of hydrogen-bond donors (Lipinski definition) is 0. The fraction of sp³-hybridized carbons (Fsp3) is 1.00. The second-order valence-electron chi connectivity index (χ2n) is 15.5. The van der Waals surface area contributed by atoms with E-state index < -0.39 is 7.26 Å². The van der Waals surface area contributed by atoms with Gasteiger partial charge in [0.15, 0.2) is 0 Å². The van der Waals surface area contributed by atoms with Crippen LogP contribution in [0.15, 0.2) is 0 Å². The largest absolute Gasteiger partial charge is 0.0654 e. The van der Waals surface area contributed by atoms with Crippen molar-refractivity contribution in [2.75, 3.05) is 24.6 Å². The van der Waals surface area contributed by atoms with Crippen LogP contribution in [0, 0.1) is 0 Å². The van der Waals surface area contributed by atoms with Crippen LogP contribution in [0.25, 0.3) is 0 Å². The first-order chi connectivity index (χ1) is 22.2. The van der Waals surface area contributed by atoms with Gasteiger partial charge in [0.25, 0.3) is 0 Å². The van der Waals surface area contributed by atoms with Crippen molar-refractivity contribution in [1.82, 2.24) is 0 Å². The summed E-state index contributed by atoms with van der Waals surface area (Å²) in [5.41, 5.74) is 0. The molecular weight excluding hydrogens is 559 g/mol. The van der Waals surface area contributed by atoms with Crippen molar-refractivity contribution >= 4 is 7.26 Å². The lowest BCUT2D eigenvalue weighted by atomic mass is 10.0. The third kappa shape index (κ3) is 34.1. The molecule has 0 aromatic rings. The molecule has 0 heterocycles. The van der Waals surface area contributed by atoms with Crippen LogP contribution >= 0.6 is 7.26 Å². The number of hydrogen-bond acceptors (Lipinski definition) is 0. The summed E-state index contributed by atoms with van der Waals surface area (Å²) in [6.45, 7) is 9.38. The highest BCUT2D eigenvalue weighted by Crippen LogP contribution is 2.61. The Morgan fingerprint density at radius 3 is 0.467 bits per heavy atom. The van der Waals surface area contributed by atoms with E-state index in [-0.39, 0.29) is 0 Å². The summed E-state index contributed by atoms with van der Waals surface area (Å²) in [4.78, 5) is 0. The first kappa shape index (κ1) is 45.4. The van der Waals surface area contributed by atoms with Gasteiger partial charge in [0.05, 0.1) is 24.6 Å². The Kier molecular flexibility index (Phi) is 39.2. The monoisotopic (exact) mass is 652 g/mol. The van der Waals surface area contributed by atoms with E-state index >= 15 is 0 Å². The highest BCUT2D eigenvalue weighted by atomic mass is 31.2. The molecule has 45 heavy (non-hydrogen) atoms. The molecule has 0 aromatic heterocycles. The van der Waals surface area contributed by atoms with Gasteiger partial charge in [-0.1, -0.05) is 207 Å². The molecule has 0 aliphatic heterocycles. The van der Waals surface area contributed by atoms with Crippen LogP contribution in [0.2, 0.25) is 0 Å². The van der Waals surface area contributed by atoms with E-state index in [9.17, 15) is 0 Å². The molecule has 272 valence electrons. The molecule has 0 spiro atoms. The minimum atomic E-state index is -0.767. The van der Waals surface area contributed by atoms with Gasteiger partial charge in [-0.25, -0.2) is 0 Å². The fourth-order valence-electron chi connectivity index (χ4n) is 7.70. The standard InChI is InChI=1S/C44H92P/c1-5-9-13-17-21-22-23-24-25-26-27-28-32-36-40-44-45(41-37-33-29-18-14-10-6-2,42-38-34-30-19-15-11-7-3)43-39-35-31-20-16-12-8-4/h5-44H2,1-4H3/q+1. The molecule has 0 saturated heterocycles. The van der Waals surface area contributed by atoms with Gasteiger partial charge in [-0.2, -0.15) is 0 Å². The normalized spacial score (nSPS) is 12.0. The topological polar surface area (TPSA) is 0 Å². The molecule has 0 unspecified atom stereocenters. The molecular formula is C44H92P+. The Labute approximate surface area is 290 Å². The smallest absolute Gasteiger partial charge is 0.0594 e. The second kappa shape index (κ2) is 38.9. The molecule has 0 bridgehead atoms. The lowest BCUT2D eigenvalue weighted by molar-refractivity contribution is 0.534. The van der Waals surface area contributed by atoms with E-state index in [2.05, 4.69) is 27.7 Å². The average Bonchev–Trinajstić information content (AvgIpc) is 3.05. The van der Waals surface area contributed by atoms with Crippen molar-refractivity contribution in [3.63, 3.8) is 0 Å². The molecule has 0 rings (SSSR count). The third-order valence-corrected chi connectivity index (χ3v) is 16.0. The maximum absolute atomic E-state index is 2.35.